The molecule has 3 aromatic rings. The van der Waals surface area contributed by atoms with Gasteiger partial charge in [-0.05, 0) is 51.1 Å². The molecule has 2 aromatic carbocycles. The van der Waals surface area contributed by atoms with Crippen LogP contribution in [0.5, 0.6) is 0 Å². The van der Waals surface area contributed by atoms with E-state index in [1.807, 2.05) is 25.1 Å². The Hall–Kier alpha value is -3.74. The number of hydrogen-bond acceptors (Lipinski definition) is 6. The van der Waals surface area contributed by atoms with Crippen LogP contribution in [0.3, 0.4) is 0 Å². The fraction of sp³-hybridized carbons (Fsp3) is 0.250. The van der Waals surface area contributed by atoms with E-state index in [-0.39, 0.29) is 13.2 Å². The molecule has 0 aliphatic rings. The Kier molecular flexibility index (Phi) is 6.97. The summed E-state index contributed by atoms with van der Waals surface area (Å²) in [5.41, 5.74) is 3.18. The van der Waals surface area contributed by atoms with Crippen LogP contribution in [0.2, 0.25) is 0 Å². The predicted octanol–water partition coefficient (Wildman–Crippen LogP) is 3.60. The Morgan fingerprint density at radius 2 is 1.71 bits per heavy atom. The van der Waals surface area contributed by atoms with Gasteiger partial charge in [0, 0.05) is 16.8 Å². The first kappa shape index (κ1) is 22.0. The first-order valence-corrected chi connectivity index (χ1v) is 9.95. The molecule has 0 saturated carbocycles. The smallest absolute Gasteiger partial charge is 0.339 e. The minimum atomic E-state index is -0.626. The van der Waals surface area contributed by atoms with Gasteiger partial charge in [-0.1, -0.05) is 29.8 Å². The van der Waals surface area contributed by atoms with Crippen LogP contribution in [0.15, 0.2) is 54.6 Å². The summed E-state index contributed by atoms with van der Waals surface area (Å²) in [6, 6.07) is 16.0. The predicted molar refractivity (Wildman–Crippen MR) is 117 cm³/mol. The first-order chi connectivity index (χ1) is 14.9. The molecule has 0 radical (unpaired) electrons. The molecule has 1 aromatic heterocycles. The number of ether oxygens (including phenoxy) is 2. The highest BCUT2D eigenvalue weighted by Gasteiger charge is 2.22. The highest BCUT2D eigenvalue weighted by atomic mass is 16.5. The second-order valence-electron chi connectivity index (χ2n) is 7.03. The lowest BCUT2D eigenvalue weighted by atomic mass is 10.1. The van der Waals surface area contributed by atoms with Gasteiger partial charge in [0.15, 0.2) is 6.61 Å². The number of carbonyl (C=O) groups is 3. The van der Waals surface area contributed by atoms with Crippen molar-refractivity contribution in [1.82, 2.24) is 4.98 Å². The van der Waals surface area contributed by atoms with Gasteiger partial charge in [-0.25, -0.2) is 4.79 Å². The number of rotatable bonds is 7. The lowest BCUT2D eigenvalue weighted by Crippen LogP contribution is -2.39. The maximum Gasteiger partial charge on any atom is 0.339 e. The SMILES string of the molecule is CCOC(=O)CN(C(=O)COC(=O)c1cc(C)nc2ccc(C)cc12)c1ccccc1. The maximum atomic E-state index is 12.8. The minimum Gasteiger partial charge on any atom is -0.465 e. The van der Waals surface area contributed by atoms with Crippen molar-refractivity contribution in [2.75, 3.05) is 24.7 Å². The number of amides is 1. The van der Waals surface area contributed by atoms with Crippen LogP contribution in [0.4, 0.5) is 5.69 Å². The van der Waals surface area contributed by atoms with Crippen molar-refractivity contribution in [2.45, 2.75) is 20.8 Å². The number of fused-ring (bicyclic) bond motifs is 1. The number of esters is 2. The van der Waals surface area contributed by atoms with E-state index in [0.717, 1.165) is 5.56 Å². The number of aromatic nitrogens is 1. The highest BCUT2D eigenvalue weighted by Crippen LogP contribution is 2.21. The summed E-state index contributed by atoms with van der Waals surface area (Å²) in [6.45, 7) is 4.82. The Morgan fingerprint density at radius 1 is 0.968 bits per heavy atom. The van der Waals surface area contributed by atoms with Gasteiger partial charge in [0.25, 0.3) is 5.91 Å². The number of para-hydroxylation sites is 1. The normalized spacial score (nSPS) is 10.5. The average Bonchev–Trinajstić information content (AvgIpc) is 2.76. The van der Waals surface area contributed by atoms with E-state index in [4.69, 9.17) is 9.47 Å². The largest absolute Gasteiger partial charge is 0.465 e. The molecule has 1 heterocycles. The fourth-order valence-corrected chi connectivity index (χ4v) is 3.19. The molecular formula is C24H24N2O5. The standard InChI is InChI=1S/C24H24N2O5/c1-4-30-23(28)14-26(18-8-6-5-7-9-18)22(27)15-31-24(29)20-13-17(3)25-21-11-10-16(2)12-19(20)21/h5-13H,4,14-15H2,1-3H3. The number of benzene rings is 2. The number of carbonyl (C=O) groups excluding carboxylic acids is 3. The van der Waals surface area contributed by atoms with Gasteiger partial charge in [-0.15, -0.1) is 0 Å². The number of hydrogen-bond donors (Lipinski definition) is 0. The van der Waals surface area contributed by atoms with Crippen molar-refractivity contribution in [2.24, 2.45) is 0 Å². The number of aryl methyl sites for hydroxylation is 2. The van der Waals surface area contributed by atoms with E-state index in [1.165, 1.54) is 4.90 Å². The minimum absolute atomic E-state index is 0.207. The topological polar surface area (TPSA) is 85.8 Å². The molecule has 0 N–H and O–H groups in total. The van der Waals surface area contributed by atoms with E-state index in [2.05, 4.69) is 4.98 Å². The van der Waals surface area contributed by atoms with E-state index >= 15 is 0 Å². The lowest BCUT2D eigenvalue weighted by molar-refractivity contribution is -0.142. The van der Waals surface area contributed by atoms with Gasteiger partial charge < -0.3 is 9.47 Å². The van der Waals surface area contributed by atoms with Gasteiger partial charge in [-0.3, -0.25) is 19.5 Å². The molecule has 0 saturated heterocycles. The molecule has 0 spiro atoms. The zero-order valence-electron chi connectivity index (χ0n) is 17.8. The molecule has 0 bridgehead atoms. The van der Waals surface area contributed by atoms with Crippen LogP contribution in [-0.2, 0) is 19.1 Å². The Bertz CT molecular complexity index is 1110. The molecule has 3 rings (SSSR count). The average molecular weight is 420 g/mol. The fourth-order valence-electron chi connectivity index (χ4n) is 3.19. The Morgan fingerprint density at radius 3 is 2.42 bits per heavy atom. The molecule has 7 heteroatoms. The quantitative estimate of drug-likeness (QED) is 0.543. The third kappa shape index (κ3) is 5.45. The van der Waals surface area contributed by atoms with Crippen LogP contribution >= 0.6 is 0 Å². The third-order valence-corrected chi connectivity index (χ3v) is 4.60. The summed E-state index contributed by atoms with van der Waals surface area (Å²) >= 11 is 0. The second kappa shape index (κ2) is 9.84. The van der Waals surface area contributed by atoms with Crippen LogP contribution in [-0.4, -0.2) is 42.6 Å². The molecule has 7 nitrogen and oxygen atoms in total. The summed E-state index contributed by atoms with van der Waals surface area (Å²) in [7, 11) is 0. The van der Waals surface area contributed by atoms with Gasteiger partial charge in [0.2, 0.25) is 0 Å². The number of pyridine rings is 1. The number of anilines is 1. The lowest BCUT2D eigenvalue weighted by Gasteiger charge is -2.21. The third-order valence-electron chi connectivity index (χ3n) is 4.60. The van der Waals surface area contributed by atoms with E-state index in [9.17, 15) is 14.4 Å². The zero-order valence-corrected chi connectivity index (χ0v) is 17.8. The highest BCUT2D eigenvalue weighted by molar-refractivity contribution is 6.05. The van der Waals surface area contributed by atoms with Gasteiger partial charge in [0.1, 0.15) is 6.54 Å². The molecule has 0 aliphatic heterocycles. The van der Waals surface area contributed by atoms with Gasteiger partial charge >= 0.3 is 11.9 Å². The maximum absolute atomic E-state index is 12.8. The van der Waals surface area contributed by atoms with Crippen LogP contribution in [0, 0.1) is 13.8 Å². The van der Waals surface area contributed by atoms with Crippen molar-refractivity contribution in [3.63, 3.8) is 0 Å². The summed E-state index contributed by atoms with van der Waals surface area (Å²) in [5, 5.41) is 0.662. The van der Waals surface area contributed by atoms with Gasteiger partial charge in [-0.2, -0.15) is 0 Å². The molecule has 0 aliphatic carbocycles. The van der Waals surface area contributed by atoms with E-state index in [0.29, 0.717) is 27.8 Å². The first-order valence-electron chi connectivity index (χ1n) is 9.95. The molecular weight excluding hydrogens is 396 g/mol. The van der Waals surface area contributed by atoms with Crippen LogP contribution < -0.4 is 4.90 Å². The molecule has 1 amide bonds. The summed E-state index contributed by atoms with van der Waals surface area (Å²) in [4.78, 5) is 43.3. The van der Waals surface area contributed by atoms with Crippen molar-refractivity contribution in [1.29, 1.82) is 0 Å². The van der Waals surface area contributed by atoms with Crippen molar-refractivity contribution in [3.05, 3.63) is 71.4 Å². The van der Waals surface area contributed by atoms with Crippen molar-refractivity contribution in [3.8, 4) is 0 Å². The Labute approximate surface area is 180 Å². The van der Waals surface area contributed by atoms with E-state index in [1.54, 1.807) is 50.2 Å². The summed E-state index contributed by atoms with van der Waals surface area (Å²) in [5.74, 6) is -1.70. The van der Waals surface area contributed by atoms with Gasteiger partial charge in [0.05, 0.1) is 17.7 Å². The molecule has 160 valence electrons. The van der Waals surface area contributed by atoms with E-state index < -0.39 is 24.5 Å². The summed E-state index contributed by atoms with van der Waals surface area (Å²) < 4.78 is 10.3. The Balaban J connectivity index is 1.79. The molecule has 31 heavy (non-hydrogen) atoms. The van der Waals surface area contributed by atoms with Crippen LogP contribution in [0.25, 0.3) is 10.9 Å². The molecule has 0 unspecified atom stereocenters. The molecule has 0 fully saturated rings. The summed E-state index contributed by atoms with van der Waals surface area (Å²) in [6.07, 6.45) is 0. The zero-order chi connectivity index (χ0) is 22.4. The second-order valence-corrected chi connectivity index (χ2v) is 7.03. The van der Waals surface area contributed by atoms with Crippen molar-refractivity contribution >= 4 is 34.4 Å². The monoisotopic (exact) mass is 420 g/mol. The van der Waals surface area contributed by atoms with Crippen molar-refractivity contribution < 1.29 is 23.9 Å². The molecule has 0 atom stereocenters. The van der Waals surface area contributed by atoms with Crippen LogP contribution in [0.1, 0.15) is 28.5 Å². The number of nitrogens with zero attached hydrogens (tertiary/aromatic N) is 2.